The lowest BCUT2D eigenvalue weighted by molar-refractivity contribution is -0.159. The van der Waals surface area contributed by atoms with Crippen molar-refractivity contribution in [3.63, 3.8) is 0 Å². The number of piperidine rings is 1. The number of carbonyl (C=O) groups excluding carboxylic acids is 1. The number of carboxylic acid groups (broad SMARTS) is 1. The molecule has 1 atom stereocenters. The first-order chi connectivity index (χ1) is 13.5. The van der Waals surface area contributed by atoms with E-state index in [1.54, 1.807) is 4.90 Å². The van der Waals surface area contributed by atoms with Crippen LogP contribution in [0, 0.1) is 5.41 Å². The van der Waals surface area contributed by atoms with Crippen molar-refractivity contribution in [1.82, 2.24) is 4.90 Å². The van der Waals surface area contributed by atoms with Crippen molar-refractivity contribution in [1.29, 1.82) is 0 Å². The van der Waals surface area contributed by atoms with Crippen molar-refractivity contribution in [2.24, 2.45) is 5.41 Å². The quantitative estimate of drug-likeness (QED) is 0.738. The maximum Gasteiger partial charge on any atom is 0.313 e. The van der Waals surface area contributed by atoms with E-state index in [0.717, 1.165) is 24.2 Å². The van der Waals surface area contributed by atoms with Crippen LogP contribution in [-0.4, -0.2) is 54.8 Å². The monoisotopic (exact) mass is 389 g/mol. The van der Waals surface area contributed by atoms with Crippen molar-refractivity contribution in [3.8, 4) is 5.75 Å². The lowest BCUT2D eigenvalue weighted by Gasteiger charge is -2.39. The van der Waals surface area contributed by atoms with Gasteiger partial charge in [0, 0.05) is 26.6 Å². The van der Waals surface area contributed by atoms with Crippen molar-refractivity contribution in [3.05, 3.63) is 29.8 Å². The Morgan fingerprint density at radius 2 is 2.04 bits per heavy atom. The molecular formula is C22H31NO5. The predicted octanol–water partition coefficient (Wildman–Crippen LogP) is 3.28. The van der Waals surface area contributed by atoms with Gasteiger partial charge in [0.05, 0.1) is 12.7 Å². The molecule has 1 amide bonds. The number of amides is 1. The second-order valence-electron chi connectivity index (χ2n) is 8.11. The Morgan fingerprint density at radius 1 is 1.25 bits per heavy atom. The molecule has 0 bridgehead atoms. The Morgan fingerprint density at radius 3 is 2.75 bits per heavy atom. The van der Waals surface area contributed by atoms with Crippen molar-refractivity contribution >= 4 is 11.9 Å². The molecule has 0 spiro atoms. The Bertz CT molecular complexity index is 681. The molecule has 1 aliphatic heterocycles. The maximum absolute atomic E-state index is 12.7. The molecule has 6 heteroatoms. The van der Waals surface area contributed by atoms with Crippen molar-refractivity contribution in [2.45, 2.75) is 57.5 Å². The van der Waals surface area contributed by atoms with Gasteiger partial charge < -0.3 is 19.5 Å². The second kappa shape index (κ2) is 9.41. The van der Waals surface area contributed by atoms with Gasteiger partial charge in [-0.25, -0.2) is 0 Å². The van der Waals surface area contributed by atoms with E-state index < -0.39 is 11.4 Å². The number of rotatable bonds is 8. The number of carbonyl (C=O) groups is 2. The standard InChI is InChI=1S/C22H31NO5/c1-27-16-22(21(25)26)12-5-13-23(15-22)20(24)11-10-17-6-4-9-19(14-17)28-18-7-2-3-8-18/h4,6,9,14,18H,2-3,5,7-8,10-13,15-16H2,1H3,(H,25,26). The fraction of sp³-hybridized carbons (Fsp3) is 0.636. The SMILES string of the molecule is COCC1(C(=O)O)CCCN(C(=O)CCc2cccc(OC3CCCC3)c2)C1. The van der Waals surface area contributed by atoms with Gasteiger partial charge in [0.25, 0.3) is 0 Å². The highest BCUT2D eigenvalue weighted by Gasteiger charge is 2.43. The van der Waals surface area contributed by atoms with Crippen LogP contribution < -0.4 is 4.74 Å². The minimum absolute atomic E-state index is 0.00328. The van der Waals surface area contributed by atoms with E-state index in [-0.39, 0.29) is 19.1 Å². The third-order valence-corrected chi connectivity index (χ3v) is 5.93. The van der Waals surface area contributed by atoms with E-state index in [1.165, 1.54) is 20.0 Å². The van der Waals surface area contributed by atoms with Gasteiger partial charge in [-0.1, -0.05) is 12.1 Å². The highest BCUT2D eigenvalue weighted by atomic mass is 16.5. The van der Waals surface area contributed by atoms with Gasteiger partial charge in [-0.15, -0.1) is 0 Å². The average molecular weight is 389 g/mol. The van der Waals surface area contributed by atoms with Gasteiger partial charge in [0.15, 0.2) is 0 Å². The third-order valence-electron chi connectivity index (χ3n) is 5.93. The fourth-order valence-electron chi connectivity index (χ4n) is 4.36. The summed E-state index contributed by atoms with van der Waals surface area (Å²) in [6.07, 6.45) is 7.24. The maximum atomic E-state index is 12.7. The molecule has 1 unspecified atom stereocenters. The Labute approximate surface area is 166 Å². The van der Waals surface area contributed by atoms with Gasteiger partial charge >= 0.3 is 5.97 Å². The van der Waals surface area contributed by atoms with E-state index in [0.29, 0.717) is 38.3 Å². The zero-order chi connectivity index (χ0) is 20.0. The molecule has 1 aromatic carbocycles. The smallest absolute Gasteiger partial charge is 0.313 e. The molecule has 0 aromatic heterocycles. The molecule has 6 nitrogen and oxygen atoms in total. The van der Waals surface area contributed by atoms with Crippen LogP contribution in [0.15, 0.2) is 24.3 Å². The Kier molecular flexibility index (Phi) is 6.94. The number of aryl methyl sites for hydroxylation is 1. The molecule has 3 rings (SSSR count). The predicted molar refractivity (Wildman–Crippen MR) is 105 cm³/mol. The first kappa shape index (κ1) is 20.6. The summed E-state index contributed by atoms with van der Waals surface area (Å²) in [4.78, 5) is 26.2. The molecule has 1 heterocycles. The topological polar surface area (TPSA) is 76.1 Å². The number of methoxy groups -OCH3 is 1. The number of hydrogen-bond acceptors (Lipinski definition) is 4. The summed E-state index contributed by atoms with van der Waals surface area (Å²) in [5.74, 6) is -0.00744. The summed E-state index contributed by atoms with van der Waals surface area (Å²) in [5.41, 5.74) is 0.0831. The van der Waals surface area contributed by atoms with Gasteiger partial charge in [0.2, 0.25) is 5.91 Å². The molecule has 1 aliphatic carbocycles. The van der Waals surface area contributed by atoms with E-state index in [9.17, 15) is 14.7 Å². The van der Waals surface area contributed by atoms with Crippen molar-refractivity contribution < 1.29 is 24.2 Å². The number of benzene rings is 1. The lowest BCUT2D eigenvalue weighted by Crippen LogP contribution is -2.52. The molecule has 28 heavy (non-hydrogen) atoms. The van der Waals surface area contributed by atoms with E-state index in [1.807, 2.05) is 24.3 Å². The first-order valence-corrected chi connectivity index (χ1v) is 10.3. The molecule has 0 radical (unpaired) electrons. The Balaban J connectivity index is 1.55. The number of aliphatic carboxylic acids is 1. The van der Waals surface area contributed by atoms with Gasteiger partial charge in [-0.05, 0) is 62.6 Å². The molecule has 2 fully saturated rings. The molecule has 2 aliphatic rings. The van der Waals surface area contributed by atoms with Crippen LogP contribution in [0.25, 0.3) is 0 Å². The number of hydrogen-bond donors (Lipinski definition) is 1. The van der Waals surface area contributed by atoms with Crippen LogP contribution in [-0.2, 0) is 20.7 Å². The highest BCUT2D eigenvalue weighted by Crippen LogP contribution is 2.31. The summed E-state index contributed by atoms with van der Waals surface area (Å²) in [6, 6.07) is 7.98. The van der Waals surface area contributed by atoms with Gasteiger partial charge in [-0.3, -0.25) is 9.59 Å². The molecule has 154 valence electrons. The zero-order valence-electron chi connectivity index (χ0n) is 16.7. The number of ether oxygens (including phenoxy) is 2. The van der Waals surface area contributed by atoms with Crippen LogP contribution in [0.1, 0.15) is 50.5 Å². The highest BCUT2D eigenvalue weighted by molar-refractivity contribution is 5.80. The van der Waals surface area contributed by atoms with E-state index in [2.05, 4.69) is 0 Å². The third kappa shape index (κ3) is 5.04. The summed E-state index contributed by atoms with van der Waals surface area (Å²) < 4.78 is 11.2. The van der Waals surface area contributed by atoms with Gasteiger partial charge in [0.1, 0.15) is 11.2 Å². The summed E-state index contributed by atoms with van der Waals surface area (Å²) >= 11 is 0. The minimum Gasteiger partial charge on any atom is -0.490 e. The molecule has 1 saturated heterocycles. The zero-order valence-corrected chi connectivity index (χ0v) is 16.7. The van der Waals surface area contributed by atoms with Crippen LogP contribution in [0.4, 0.5) is 0 Å². The number of nitrogens with zero attached hydrogens (tertiary/aromatic N) is 1. The molecule has 1 saturated carbocycles. The summed E-state index contributed by atoms with van der Waals surface area (Å²) in [6.45, 7) is 0.967. The van der Waals surface area contributed by atoms with Crippen LogP contribution in [0.2, 0.25) is 0 Å². The summed E-state index contributed by atoms with van der Waals surface area (Å²) in [7, 11) is 1.51. The van der Waals surface area contributed by atoms with Crippen LogP contribution in [0.3, 0.4) is 0 Å². The molecular weight excluding hydrogens is 358 g/mol. The largest absolute Gasteiger partial charge is 0.490 e. The van der Waals surface area contributed by atoms with E-state index >= 15 is 0 Å². The number of likely N-dealkylation sites (tertiary alicyclic amines) is 1. The number of carboxylic acids is 1. The first-order valence-electron chi connectivity index (χ1n) is 10.3. The van der Waals surface area contributed by atoms with Crippen LogP contribution in [0.5, 0.6) is 5.75 Å². The minimum atomic E-state index is -0.988. The van der Waals surface area contributed by atoms with Gasteiger partial charge in [-0.2, -0.15) is 0 Å². The summed E-state index contributed by atoms with van der Waals surface area (Å²) in [5, 5.41) is 9.64. The molecule has 1 aromatic rings. The Hall–Kier alpha value is -2.08. The normalized spacial score (nSPS) is 23.0. The molecule has 1 N–H and O–H groups in total. The lowest BCUT2D eigenvalue weighted by atomic mass is 9.80. The fourth-order valence-corrected chi connectivity index (χ4v) is 4.36. The van der Waals surface area contributed by atoms with Crippen LogP contribution >= 0.6 is 0 Å². The van der Waals surface area contributed by atoms with Crippen molar-refractivity contribution in [2.75, 3.05) is 26.8 Å². The average Bonchev–Trinajstić information content (AvgIpc) is 3.20. The second-order valence-corrected chi connectivity index (χ2v) is 8.11. The van der Waals surface area contributed by atoms with E-state index in [4.69, 9.17) is 9.47 Å².